The molecule has 1 atom stereocenters. The van der Waals surface area contributed by atoms with Crippen LogP contribution in [0, 0.1) is 11.6 Å². The lowest BCUT2D eigenvalue weighted by Gasteiger charge is -2.17. The molecule has 0 radical (unpaired) electrons. The van der Waals surface area contributed by atoms with Crippen LogP contribution in [0.1, 0.15) is 16.6 Å². The molecule has 1 N–H and O–H groups in total. The van der Waals surface area contributed by atoms with Crippen LogP contribution in [0.25, 0.3) is 0 Å². The Morgan fingerprint density at radius 2 is 2.05 bits per heavy atom. The molecule has 0 bridgehead atoms. The first-order chi connectivity index (χ1) is 9.20. The zero-order valence-corrected chi connectivity index (χ0v) is 11.2. The lowest BCUT2D eigenvalue weighted by molar-refractivity contribution is 0.197. The zero-order chi connectivity index (χ0) is 13.7. The fourth-order valence-electron chi connectivity index (χ4n) is 1.77. The maximum Gasteiger partial charge on any atom is 0.126 e. The van der Waals surface area contributed by atoms with Crippen LogP contribution in [0.2, 0.25) is 0 Å². The average molecular weight is 284 g/mol. The highest BCUT2D eigenvalue weighted by Crippen LogP contribution is 2.25. The molecule has 0 aliphatic heterocycles. The highest BCUT2D eigenvalue weighted by atomic mass is 32.1. The summed E-state index contributed by atoms with van der Waals surface area (Å²) in [4.78, 5) is 4.20. The highest BCUT2D eigenvalue weighted by Gasteiger charge is 2.17. The second-order valence-corrected chi connectivity index (χ2v) is 4.88. The summed E-state index contributed by atoms with van der Waals surface area (Å²) in [6.07, 6.45) is 1.67. The molecule has 0 saturated carbocycles. The lowest BCUT2D eigenvalue weighted by Crippen LogP contribution is -2.26. The number of hydrogen-bond donors (Lipinski definition) is 1. The van der Waals surface area contributed by atoms with Gasteiger partial charge in [0, 0.05) is 31.3 Å². The molecule has 2 aromatic rings. The number of methoxy groups -OCH3 is 1. The minimum Gasteiger partial charge on any atom is -0.383 e. The van der Waals surface area contributed by atoms with E-state index in [9.17, 15) is 8.78 Å². The van der Waals surface area contributed by atoms with Gasteiger partial charge in [-0.2, -0.15) is 0 Å². The van der Waals surface area contributed by atoms with E-state index >= 15 is 0 Å². The van der Waals surface area contributed by atoms with Crippen molar-refractivity contribution in [2.45, 2.75) is 6.04 Å². The maximum atomic E-state index is 13.3. The number of nitrogens with one attached hydrogen (secondary N) is 1. The molecule has 0 spiro atoms. The van der Waals surface area contributed by atoms with Gasteiger partial charge in [0.2, 0.25) is 0 Å². The van der Waals surface area contributed by atoms with Crippen LogP contribution in [0.5, 0.6) is 0 Å². The predicted octanol–water partition coefficient (Wildman–Crippen LogP) is 2.75. The van der Waals surface area contributed by atoms with Crippen molar-refractivity contribution in [2.24, 2.45) is 0 Å². The van der Waals surface area contributed by atoms with E-state index in [2.05, 4.69) is 10.3 Å². The van der Waals surface area contributed by atoms with Gasteiger partial charge in [0.15, 0.2) is 0 Å². The predicted molar refractivity (Wildman–Crippen MR) is 70.2 cm³/mol. The molecule has 0 aliphatic carbocycles. The molecule has 102 valence electrons. The molecule has 0 aliphatic rings. The first-order valence-electron chi connectivity index (χ1n) is 5.78. The SMILES string of the molecule is COCCNC(c1cc(F)cc(F)c1)c1nccs1. The fraction of sp³-hybridized carbons (Fsp3) is 0.308. The van der Waals surface area contributed by atoms with Gasteiger partial charge in [-0.3, -0.25) is 0 Å². The molecule has 0 amide bonds. The van der Waals surface area contributed by atoms with E-state index in [0.29, 0.717) is 18.7 Å². The summed E-state index contributed by atoms with van der Waals surface area (Å²) in [6.45, 7) is 1.08. The summed E-state index contributed by atoms with van der Waals surface area (Å²) >= 11 is 1.44. The number of hydrogen-bond acceptors (Lipinski definition) is 4. The van der Waals surface area contributed by atoms with E-state index in [1.165, 1.54) is 23.5 Å². The third-order valence-corrected chi connectivity index (χ3v) is 3.41. The summed E-state index contributed by atoms with van der Waals surface area (Å²) in [5, 5.41) is 5.78. The molecule has 0 fully saturated rings. The normalized spacial score (nSPS) is 12.6. The second kappa shape index (κ2) is 6.70. The molecule has 19 heavy (non-hydrogen) atoms. The monoisotopic (exact) mass is 284 g/mol. The van der Waals surface area contributed by atoms with Crippen LogP contribution in [0.4, 0.5) is 8.78 Å². The first kappa shape index (κ1) is 14.0. The van der Waals surface area contributed by atoms with Gasteiger partial charge < -0.3 is 10.1 Å². The number of rotatable bonds is 6. The standard InChI is InChI=1S/C13H14F2N2OS/c1-18-4-2-16-12(13-17-3-5-19-13)9-6-10(14)8-11(15)7-9/h3,5-8,12,16H,2,4H2,1H3. The largest absolute Gasteiger partial charge is 0.383 e. The summed E-state index contributed by atoms with van der Waals surface area (Å²) in [5.74, 6) is -1.19. The van der Waals surface area contributed by atoms with E-state index in [4.69, 9.17) is 4.74 Å². The van der Waals surface area contributed by atoms with E-state index in [-0.39, 0.29) is 6.04 Å². The molecule has 6 heteroatoms. The van der Waals surface area contributed by atoms with Gasteiger partial charge in [0.05, 0.1) is 12.6 Å². The summed E-state index contributed by atoms with van der Waals surface area (Å²) in [7, 11) is 1.60. The minimum atomic E-state index is -0.593. The Morgan fingerprint density at radius 1 is 1.32 bits per heavy atom. The van der Waals surface area contributed by atoms with Crippen LogP contribution in [-0.4, -0.2) is 25.2 Å². The number of aromatic nitrogens is 1. The summed E-state index contributed by atoms with van der Waals surface area (Å²) < 4.78 is 31.6. The third kappa shape index (κ3) is 3.79. The smallest absolute Gasteiger partial charge is 0.126 e. The number of ether oxygens (including phenoxy) is 1. The van der Waals surface area contributed by atoms with Crippen molar-refractivity contribution in [2.75, 3.05) is 20.3 Å². The highest BCUT2D eigenvalue weighted by molar-refractivity contribution is 7.09. The Balaban J connectivity index is 2.25. The quantitative estimate of drug-likeness (QED) is 0.828. The summed E-state index contributed by atoms with van der Waals surface area (Å²) in [6, 6.07) is 3.15. The molecular weight excluding hydrogens is 270 g/mol. The molecule has 1 heterocycles. The Hall–Kier alpha value is -1.37. The lowest BCUT2D eigenvalue weighted by atomic mass is 10.1. The van der Waals surface area contributed by atoms with Crippen LogP contribution >= 0.6 is 11.3 Å². The number of benzene rings is 1. The minimum absolute atomic E-state index is 0.333. The molecule has 3 nitrogen and oxygen atoms in total. The molecule has 1 aromatic heterocycles. The van der Waals surface area contributed by atoms with E-state index < -0.39 is 11.6 Å². The van der Waals surface area contributed by atoms with Gasteiger partial charge in [0.25, 0.3) is 0 Å². The van der Waals surface area contributed by atoms with Gasteiger partial charge in [-0.25, -0.2) is 13.8 Å². The number of thiazole rings is 1. The Morgan fingerprint density at radius 3 is 2.63 bits per heavy atom. The van der Waals surface area contributed by atoms with Crippen molar-refractivity contribution in [1.82, 2.24) is 10.3 Å². The van der Waals surface area contributed by atoms with Gasteiger partial charge in [-0.15, -0.1) is 11.3 Å². The van der Waals surface area contributed by atoms with Gasteiger partial charge in [-0.05, 0) is 17.7 Å². The van der Waals surface area contributed by atoms with Crippen molar-refractivity contribution in [3.05, 3.63) is 52.0 Å². The van der Waals surface area contributed by atoms with Crippen molar-refractivity contribution < 1.29 is 13.5 Å². The Labute approximate surface area is 114 Å². The number of nitrogens with zero attached hydrogens (tertiary/aromatic N) is 1. The zero-order valence-electron chi connectivity index (χ0n) is 10.4. The molecule has 0 saturated heterocycles. The van der Waals surface area contributed by atoms with E-state index in [1.807, 2.05) is 5.38 Å². The third-order valence-electron chi connectivity index (χ3n) is 2.57. The topological polar surface area (TPSA) is 34.1 Å². The van der Waals surface area contributed by atoms with Crippen molar-refractivity contribution in [3.63, 3.8) is 0 Å². The van der Waals surface area contributed by atoms with Gasteiger partial charge in [-0.1, -0.05) is 0 Å². The van der Waals surface area contributed by atoms with Crippen LogP contribution in [-0.2, 0) is 4.74 Å². The summed E-state index contributed by atoms with van der Waals surface area (Å²) in [5.41, 5.74) is 0.517. The maximum absolute atomic E-state index is 13.3. The molecule has 1 aromatic carbocycles. The second-order valence-electron chi connectivity index (χ2n) is 3.95. The van der Waals surface area contributed by atoms with Crippen LogP contribution in [0.3, 0.4) is 0 Å². The van der Waals surface area contributed by atoms with E-state index in [1.54, 1.807) is 13.3 Å². The van der Waals surface area contributed by atoms with Gasteiger partial charge >= 0.3 is 0 Å². The first-order valence-corrected chi connectivity index (χ1v) is 6.66. The Bertz CT molecular complexity index is 499. The van der Waals surface area contributed by atoms with Crippen LogP contribution in [0.15, 0.2) is 29.8 Å². The van der Waals surface area contributed by atoms with Gasteiger partial charge in [0.1, 0.15) is 16.6 Å². The number of halogens is 2. The van der Waals surface area contributed by atoms with Crippen molar-refractivity contribution in [3.8, 4) is 0 Å². The molecule has 1 unspecified atom stereocenters. The van der Waals surface area contributed by atoms with E-state index in [0.717, 1.165) is 11.1 Å². The Kier molecular flexibility index (Phi) is 4.95. The molecule has 2 rings (SSSR count). The van der Waals surface area contributed by atoms with Crippen LogP contribution < -0.4 is 5.32 Å². The van der Waals surface area contributed by atoms with Crippen molar-refractivity contribution >= 4 is 11.3 Å². The average Bonchev–Trinajstić information content (AvgIpc) is 2.87. The fourth-order valence-corrected chi connectivity index (χ4v) is 2.51. The molecular formula is C13H14F2N2OS. The van der Waals surface area contributed by atoms with Crippen molar-refractivity contribution in [1.29, 1.82) is 0 Å².